The molecule has 8 heteroatoms. The van der Waals surface area contributed by atoms with Gasteiger partial charge in [-0.3, -0.25) is 15.1 Å². The fourth-order valence-corrected chi connectivity index (χ4v) is 3.49. The number of carbonyl (C=O) groups is 2. The van der Waals surface area contributed by atoms with E-state index in [2.05, 4.69) is 31.2 Å². The van der Waals surface area contributed by atoms with Gasteiger partial charge >= 0.3 is 6.03 Å². The zero-order valence-corrected chi connectivity index (χ0v) is 18.3. The maximum atomic E-state index is 12.0. The highest BCUT2D eigenvalue weighted by molar-refractivity contribution is 6.01. The van der Waals surface area contributed by atoms with Gasteiger partial charge in [-0.1, -0.05) is 12.1 Å². The predicted octanol–water partition coefficient (Wildman–Crippen LogP) is 5.14. The van der Waals surface area contributed by atoms with E-state index in [9.17, 15) is 9.59 Å². The molecule has 4 aromatic rings. The van der Waals surface area contributed by atoms with E-state index in [1.54, 1.807) is 18.6 Å². The zero-order valence-electron chi connectivity index (χ0n) is 18.3. The molecule has 0 spiro atoms. The van der Waals surface area contributed by atoms with Crippen LogP contribution in [0, 0.1) is 0 Å². The topological polar surface area (TPSA) is 108 Å². The van der Waals surface area contributed by atoms with Gasteiger partial charge in [0.25, 0.3) is 0 Å². The van der Waals surface area contributed by atoms with Gasteiger partial charge in [0, 0.05) is 42.6 Å². The Labute approximate surface area is 191 Å². The molecule has 0 aliphatic heterocycles. The molecule has 2 aromatic heterocycles. The van der Waals surface area contributed by atoms with Crippen molar-refractivity contribution in [3.8, 4) is 11.1 Å². The molecule has 8 nitrogen and oxygen atoms in total. The van der Waals surface area contributed by atoms with Crippen LogP contribution in [-0.2, 0) is 4.79 Å². The first-order valence-corrected chi connectivity index (χ1v) is 10.6. The first-order chi connectivity index (χ1) is 16.0. The van der Waals surface area contributed by atoms with Crippen LogP contribution in [0.3, 0.4) is 0 Å². The Balaban J connectivity index is 1.80. The van der Waals surface area contributed by atoms with Crippen molar-refractivity contribution in [1.82, 2.24) is 15.3 Å². The Kier molecular flexibility index (Phi) is 6.45. The highest BCUT2D eigenvalue weighted by Crippen LogP contribution is 2.34. The molecule has 3 amide bonds. The van der Waals surface area contributed by atoms with Gasteiger partial charge in [-0.2, -0.15) is 0 Å². The van der Waals surface area contributed by atoms with Crippen LogP contribution in [0.2, 0.25) is 0 Å². The number of anilines is 4. The summed E-state index contributed by atoms with van der Waals surface area (Å²) in [5, 5.41) is 13.5. The highest BCUT2D eigenvalue weighted by Gasteiger charge is 2.10. The molecule has 4 N–H and O–H groups in total. The van der Waals surface area contributed by atoms with Crippen LogP contribution < -0.4 is 21.3 Å². The van der Waals surface area contributed by atoms with Crippen LogP contribution in [-0.4, -0.2) is 28.5 Å². The predicted molar refractivity (Wildman–Crippen MR) is 132 cm³/mol. The van der Waals surface area contributed by atoms with Crippen molar-refractivity contribution in [3.05, 3.63) is 73.2 Å². The first-order valence-electron chi connectivity index (χ1n) is 10.6. The molecule has 0 aliphatic carbocycles. The number of nitrogens with zero attached hydrogens (tertiary/aromatic N) is 2. The van der Waals surface area contributed by atoms with Gasteiger partial charge in [0.1, 0.15) is 5.82 Å². The first kappa shape index (κ1) is 21.8. The van der Waals surface area contributed by atoms with Crippen LogP contribution in [0.5, 0.6) is 0 Å². The summed E-state index contributed by atoms with van der Waals surface area (Å²) in [6, 6.07) is 17.0. The third kappa shape index (κ3) is 5.43. The van der Waals surface area contributed by atoms with Crippen molar-refractivity contribution in [2.24, 2.45) is 0 Å². The van der Waals surface area contributed by atoms with Crippen LogP contribution in [0.4, 0.5) is 27.7 Å². The lowest BCUT2D eigenvalue weighted by Gasteiger charge is -2.14. The van der Waals surface area contributed by atoms with Gasteiger partial charge in [0.2, 0.25) is 5.91 Å². The van der Waals surface area contributed by atoms with Crippen molar-refractivity contribution in [2.75, 3.05) is 22.5 Å². The van der Waals surface area contributed by atoms with Crippen molar-refractivity contribution < 1.29 is 9.59 Å². The highest BCUT2D eigenvalue weighted by atomic mass is 16.2. The van der Waals surface area contributed by atoms with Crippen molar-refractivity contribution in [1.29, 1.82) is 0 Å². The molecule has 4 rings (SSSR count). The number of pyridine rings is 2. The monoisotopic (exact) mass is 440 g/mol. The molecule has 0 atom stereocenters. The summed E-state index contributed by atoms with van der Waals surface area (Å²) in [5.74, 6) is 0.321. The number of nitrogens with one attached hydrogen (secondary N) is 4. The van der Waals surface area contributed by atoms with Gasteiger partial charge < -0.3 is 16.0 Å². The molecule has 0 saturated carbocycles. The molecular formula is C25H24N6O2. The van der Waals surface area contributed by atoms with E-state index in [4.69, 9.17) is 0 Å². The summed E-state index contributed by atoms with van der Waals surface area (Å²) in [6.07, 6.45) is 5.19. The van der Waals surface area contributed by atoms with Crippen molar-refractivity contribution in [3.63, 3.8) is 0 Å². The van der Waals surface area contributed by atoms with E-state index < -0.39 is 0 Å². The van der Waals surface area contributed by atoms with Gasteiger partial charge in [-0.15, -0.1) is 0 Å². The third-order valence-electron chi connectivity index (χ3n) is 4.87. The van der Waals surface area contributed by atoms with Crippen LogP contribution in [0.15, 0.2) is 73.2 Å². The fourth-order valence-electron chi connectivity index (χ4n) is 3.49. The van der Waals surface area contributed by atoms with E-state index in [0.717, 1.165) is 39.0 Å². The molecule has 0 fully saturated rings. The smallest absolute Gasteiger partial charge is 0.320 e. The van der Waals surface area contributed by atoms with E-state index in [1.165, 1.54) is 6.92 Å². The third-order valence-corrected chi connectivity index (χ3v) is 4.87. The number of aromatic nitrogens is 2. The van der Waals surface area contributed by atoms with Crippen LogP contribution >= 0.6 is 0 Å². The van der Waals surface area contributed by atoms with E-state index in [-0.39, 0.29) is 11.9 Å². The quantitative estimate of drug-likeness (QED) is 0.332. The Hall–Kier alpha value is -4.46. The van der Waals surface area contributed by atoms with Gasteiger partial charge in [0.15, 0.2) is 0 Å². The molecule has 2 aromatic carbocycles. The maximum absolute atomic E-state index is 12.0. The number of carbonyl (C=O) groups excluding carboxylic acids is 2. The average Bonchev–Trinajstić information content (AvgIpc) is 2.79. The lowest BCUT2D eigenvalue weighted by molar-refractivity contribution is -0.114. The Bertz CT molecular complexity index is 1310. The lowest BCUT2D eigenvalue weighted by atomic mass is 10.00. The average molecular weight is 441 g/mol. The largest absolute Gasteiger partial charge is 0.354 e. The van der Waals surface area contributed by atoms with E-state index in [0.29, 0.717) is 12.4 Å². The summed E-state index contributed by atoms with van der Waals surface area (Å²) in [6.45, 7) is 3.85. The lowest BCUT2D eigenvalue weighted by Crippen LogP contribution is -2.28. The normalized spacial score (nSPS) is 10.5. The second-order valence-corrected chi connectivity index (χ2v) is 7.43. The Morgan fingerprint density at radius 3 is 2.52 bits per heavy atom. The van der Waals surface area contributed by atoms with Gasteiger partial charge in [-0.05, 0) is 65.9 Å². The second kappa shape index (κ2) is 9.78. The summed E-state index contributed by atoms with van der Waals surface area (Å²) in [4.78, 5) is 32.0. The second-order valence-electron chi connectivity index (χ2n) is 7.43. The fraction of sp³-hybridized carbons (Fsp3) is 0.120. The number of hydrogen-bond donors (Lipinski definition) is 4. The van der Waals surface area contributed by atoms with Gasteiger partial charge in [-0.25, -0.2) is 9.78 Å². The number of hydrogen-bond acceptors (Lipinski definition) is 5. The Morgan fingerprint density at radius 1 is 0.909 bits per heavy atom. The van der Waals surface area contributed by atoms with Crippen LogP contribution in [0.25, 0.3) is 21.9 Å². The number of amides is 3. The number of benzene rings is 2. The number of urea groups is 1. The van der Waals surface area contributed by atoms with Crippen molar-refractivity contribution >= 4 is 45.6 Å². The van der Waals surface area contributed by atoms with Crippen LogP contribution in [0.1, 0.15) is 13.8 Å². The molecule has 2 heterocycles. The minimum absolute atomic E-state index is 0.128. The van der Waals surface area contributed by atoms with E-state index >= 15 is 0 Å². The molecule has 0 saturated heterocycles. The standard InChI is InChI=1S/C25H24N6O2/c1-3-27-25(33)31-24-13-19-10-18(17-6-4-7-20(11-17)29-16(2)32)12-23(22(19)15-28-24)30-21-8-5-9-26-14-21/h4-15,30H,3H2,1-2H3,(H,29,32)(H2,27,28,31,33). The molecular weight excluding hydrogens is 416 g/mol. The number of rotatable bonds is 6. The summed E-state index contributed by atoms with van der Waals surface area (Å²) < 4.78 is 0. The maximum Gasteiger partial charge on any atom is 0.320 e. The molecule has 33 heavy (non-hydrogen) atoms. The van der Waals surface area contributed by atoms with Crippen molar-refractivity contribution in [2.45, 2.75) is 13.8 Å². The zero-order chi connectivity index (χ0) is 23.2. The minimum Gasteiger partial charge on any atom is -0.354 e. The molecule has 0 radical (unpaired) electrons. The summed E-state index contributed by atoms with van der Waals surface area (Å²) >= 11 is 0. The van der Waals surface area contributed by atoms with Gasteiger partial charge in [0.05, 0.1) is 11.9 Å². The van der Waals surface area contributed by atoms with E-state index in [1.807, 2.05) is 61.5 Å². The summed E-state index contributed by atoms with van der Waals surface area (Å²) in [7, 11) is 0. The molecule has 0 aliphatic rings. The molecule has 0 bridgehead atoms. The molecule has 166 valence electrons. The Morgan fingerprint density at radius 2 is 1.76 bits per heavy atom. The minimum atomic E-state index is -0.308. The number of fused-ring (bicyclic) bond motifs is 1. The SMILES string of the molecule is CCNC(=O)Nc1cc2cc(-c3cccc(NC(C)=O)c3)cc(Nc3cccnc3)c2cn1. The molecule has 0 unspecified atom stereocenters. The summed E-state index contributed by atoms with van der Waals surface area (Å²) in [5.41, 5.74) is 4.28.